The lowest BCUT2D eigenvalue weighted by Crippen LogP contribution is -2.36. The van der Waals surface area contributed by atoms with Crippen molar-refractivity contribution in [1.29, 1.82) is 0 Å². The summed E-state index contributed by atoms with van der Waals surface area (Å²) in [6.07, 6.45) is 0. The van der Waals surface area contributed by atoms with Crippen LogP contribution in [0, 0.1) is 6.92 Å². The molecule has 154 valence electrons. The molecule has 1 atom stereocenters. The SMILES string of the molecule is COC(=O)C1=C(N)Oc2cc(C)n(CCN(C)C)c(=O)c2C1c1cccc(Cl)c1. The largest absolute Gasteiger partial charge is 0.465 e. The molecule has 0 saturated heterocycles. The zero-order chi connectivity index (χ0) is 21.3. The number of pyridine rings is 1. The number of carbonyl (C=O) groups is 1. The number of methoxy groups -OCH3 is 1. The van der Waals surface area contributed by atoms with Crippen molar-refractivity contribution < 1.29 is 14.3 Å². The fourth-order valence-corrected chi connectivity index (χ4v) is 3.69. The van der Waals surface area contributed by atoms with E-state index in [0.29, 0.717) is 35.0 Å². The smallest absolute Gasteiger partial charge is 0.340 e. The Labute approximate surface area is 174 Å². The minimum absolute atomic E-state index is 0.0841. The average molecular weight is 418 g/mol. The van der Waals surface area contributed by atoms with Crippen LogP contribution >= 0.6 is 11.6 Å². The number of carbonyl (C=O) groups excluding carboxylic acids is 1. The number of nitrogens with two attached hydrogens (primary N) is 1. The number of benzene rings is 1. The summed E-state index contributed by atoms with van der Waals surface area (Å²) in [7, 11) is 5.14. The van der Waals surface area contributed by atoms with Crippen LogP contribution in [0.4, 0.5) is 0 Å². The number of ether oxygens (including phenoxy) is 2. The number of likely N-dealkylation sites (N-methyl/N-ethyl adjacent to an activating group) is 1. The van der Waals surface area contributed by atoms with E-state index in [1.54, 1.807) is 34.9 Å². The summed E-state index contributed by atoms with van der Waals surface area (Å²) in [6, 6.07) is 8.76. The molecule has 1 unspecified atom stereocenters. The summed E-state index contributed by atoms with van der Waals surface area (Å²) in [5, 5.41) is 0.485. The van der Waals surface area contributed by atoms with Crippen LogP contribution in [-0.4, -0.2) is 43.2 Å². The van der Waals surface area contributed by atoms with E-state index in [2.05, 4.69) is 0 Å². The van der Waals surface area contributed by atoms with Gasteiger partial charge < -0.3 is 24.7 Å². The predicted molar refractivity (Wildman–Crippen MR) is 111 cm³/mol. The second kappa shape index (κ2) is 8.31. The van der Waals surface area contributed by atoms with Crippen LogP contribution in [-0.2, 0) is 16.1 Å². The lowest BCUT2D eigenvalue weighted by Gasteiger charge is -2.29. The molecule has 7 nitrogen and oxygen atoms in total. The molecule has 2 N–H and O–H groups in total. The van der Waals surface area contributed by atoms with E-state index in [1.165, 1.54) is 7.11 Å². The summed E-state index contributed by atoms with van der Waals surface area (Å²) in [4.78, 5) is 28.0. The first-order valence-electron chi connectivity index (χ1n) is 9.15. The Morgan fingerprint density at radius 1 is 1.34 bits per heavy atom. The van der Waals surface area contributed by atoms with Crippen LogP contribution in [0.2, 0.25) is 5.02 Å². The number of nitrogens with zero attached hydrogens (tertiary/aromatic N) is 2. The van der Waals surface area contributed by atoms with Gasteiger partial charge in [-0.05, 0) is 38.7 Å². The van der Waals surface area contributed by atoms with Crippen LogP contribution in [0.15, 0.2) is 46.6 Å². The number of rotatable bonds is 5. The average Bonchev–Trinajstić information content (AvgIpc) is 2.65. The Balaban J connectivity index is 2.27. The van der Waals surface area contributed by atoms with Crippen LogP contribution in [0.5, 0.6) is 5.75 Å². The molecule has 1 aromatic heterocycles. The number of aryl methyl sites for hydroxylation is 1. The molecule has 0 fully saturated rings. The van der Waals surface area contributed by atoms with Gasteiger partial charge in [-0.1, -0.05) is 23.7 Å². The van der Waals surface area contributed by atoms with Crippen molar-refractivity contribution in [2.45, 2.75) is 19.4 Å². The molecule has 1 aliphatic rings. The quantitative estimate of drug-likeness (QED) is 0.751. The maximum Gasteiger partial charge on any atom is 0.340 e. The third-order valence-corrected chi connectivity index (χ3v) is 5.16. The fraction of sp³-hybridized carbons (Fsp3) is 0.333. The Hall–Kier alpha value is -2.77. The van der Waals surface area contributed by atoms with Gasteiger partial charge in [0.25, 0.3) is 5.56 Å². The van der Waals surface area contributed by atoms with Crippen LogP contribution in [0.25, 0.3) is 0 Å². The van der Waals surface area contributed by atoms with Gasteiger partial charge in [-0.15, -0.1) is 0 Å². The molecule has 29 heavy (non-hydrogen) atoms. The highest BCUT2D eigenvalue weighted by molar-refractivity contribution is 6.30. The molecule has 0 spiro atoms. The van der Waals surface area contributed by atoms with Gasteiger partial charge in [0.2, 0.25) is 5.88 Å². The van der Waals surface area contributed by atoms with Gasteiger partial charge in [0.1, 0.15) is 11.3 Å². The first-order chi connectivity index (χ1) is 13.7. The van der Waals surface area contributed by atoms with Crippen molar-refractivity contribution in [3.05, 3.63) is 74.0 Å². The zero-order valence-corrected chi connectivity index (χ0v) is 17.6. The van der Waals surface area contributed by atoms with E-state index < -0.39 is 11.9 Å². The van der Waals surface area contributed by atoms with E-state index in [4.69, 9.17) is 26.8 Å². The molecule has 0 saturated carbocycles. The highest BCUT2D eigenvalue weighted by Crippen LogP contribution is 2.41. The monoisotopic (exact) mass is 417 g/mol. The molecule has 0 radical (unpaired) electrons. The zero-order valence-electron chi connectivity index (χ0n) is 16.9. The van der Waals surface area contributed by atoms with Crippen molar-refractivity contribution in [3.63, 3.8) is 0 Å². The summed E-state index contributed by atoms with van der Waals surface area (Å²) < 4.78 is 12.3. The molecular formula is C21H24ClN3O4. The fourth-order valence-electron chi connectivity index (χ4n) is 3.49. The van der Waals surface area contributed by atoms with Crippen LogP contribution in [0.3, 0.4) is 0 Å². The number of hydrogen-bond acceptors (Lipinski definition) is 6. The Morgan fingerprint density at radius 3 is 2.69 bits per heavy atom. The molecular weight excluding hydrogens is 394 g/mol. The van der Waals surface area contributed by atoms with E-state index in [1.807, 2.05) is 25.9 Å². The van der Waals surface area contributed by atoms with Crippen molar-refractivity contribution in [3.8, 4) is 5.75 Å². The standard InChI is InChI=1S/C21H24ClN3O4/c1-12-10-15-17(20(26)25(12)9-8-24(2)3)16(13-6-5-7-14(22)11-13)18(19(23)29-15)21(27)28-4/h5-7,10-11,16H,8-9,23H2,1-4H3. The van der Waals surface area contributed by atoms with Crippen molar-refractivity contribution >= 4 is 17.6 Å². The van der Waals surface area contributed by atoms with E-state index in [-0.39, 0.29) is 17.0 Å². The molecule has 2 aromatic rings. The molecule has 1 aliphatic heterocycles. The summed E-state index contributed by atoms with van der Waals surface area (Å²) in [5.41, 5.74) is 7.67. The Bertz CT molecular complexity index is 1040. The molecule has 8 heteroatoms. The number of esters is 1. The topological polar surface area (TPSA) is 86.8 Å². The molecule has 0 bridgehead atoms. The summed E-state index contributed by atoms with van der Waals surface area (Å²) in [6.45, 7) is 3.02. The summed E-state index contributed by atoms with van der Waals surface area (Å²) in [5.74, 6) is -1.15. The third-order valence-electron chi connectivity index (χ3n) is 4.93. The van der Waals surface area contributed by atoms with Gasteiger partial charge in [0, 0.05) is 29.9 Å². The number of fused-ring (bicyclic) bond motifs is 1. The second-order valence-electron chi connectivity index (χ2n) is 7.18. The maximum atomic E-state index is 13.5. The van der Waals surface area contributed by atoms with Crippen LogP contribution < -0.4 is 16.0 Å². The Morgan fingerprint density at radius 2 is 2.07 bits per heavy atom. The molecule has 0 aliphatic carbocycles. The van der Waals surface area contributed by atoms with Crippen molar-refractivity contribution in [2.75, 3.05) is 27.7 Å². The van der Waals surface area contributed by atoms with Gasteiger partial charge in [-0.2, -0.15) is 0 Å². The van der Waals surface area contributed by atoms with Gasteiger partial charge in [-0.3, -0.25) is 4.79 Å². The van der Waals surface area contributed by atoms with Crippen molar-refractivity contribution in [2.24, 2.45) is 5.73 Å². The van der Waals surface area contributed by atoms with Gasteiger partial charge in [0.15, 0.2) is 0 Å². The highest BCUT2D eigenvalue weighted by Gasteiger charge is 2.38. The first-order valence-corrected chi connectivity index (χ1v) is 9.52. The third kappa shape index (κ3) is 4.02. The second-order valence-corrected chi connectivity index (χ2v) is 7.62. The highest BCUT2D eigenvalue weighted by atomic mass is 35.5. The molecule has 2 heterocycles. The minimum Gasteiger partial charge on any atom is -0.465 e. The molecule has 1 aromatic carbocycles. The van der Waals surface area contributed by atoms with E-state index in [0.717, 1.165) is 5.69 Å². The van der Waals surface area contributed by atoms with E-state index in [9.17, 15) is 9.59 Å². The lowest BCUT2D eigenvalue weighted by atomic mass is 9.83. The number of aromatic nitrogens is 1. The number of hydrogen-bond donors (Lipinski definition) is 1. The maximum absolute atomic E-state index is 13.5. The molecule has 3 rings (SSSR count). The van der Waals surface area contributed by atoms with Gasteiger partial charge in [-0.25, -0.2) is 4.79 Å². The van der Waals surface area contributed by atoms with Gasteiger partial charge >= 0.3 is 5.97 Å². The predicted octanol–water partition coefficient (Wildman–Crippen LogP) is 2.24. The summed E-state index contributed by atoms with van der Waals surface area (Å²) >= 11 is 6.19. The van der Waals surface area contributed by atoms with E-state index >= 15 is 0 Å². The van der Waals surface area contributed by atoms with Gasteiger partial charge in [0.05, 0.1) is 18.6 Å². The normalized spacial score (nSPS) is 15.9. The number of halogens is 1. The molecule has 0 amide bonds. The van der Waals surface area contributed by atoms with Crippen LogP contribution in [0.1, 0.15) is 22.7 Å². The van der Waals surface area contributed by atoms with Crippen molar-refractivity contribution in [1.82, 2.24) is 9.47 Å². The Kier molecular flexibility index (Phi) is 6.00. The first kappa shape index (κ1) is 21.0. The minimum atomic E-state index is -0.747. The lowest BCUT2D eigenvalue weighted by molar-refractivity contribution is -0.136.